The quantitative estimate of drug-likeness (QED) is 0.817. The third-order valence-electron chi connectivity index (χ3n) is 3.21. The molecule has 0 radical (unpaired) electrons. The van der Waals surface area contributed by atoms with Gasteiger partial charge in [-0.15, -0.1) is 0 Å². The van der Waals surface area contributed by atoms with E-state index in [0.717, 1.165) is 4.47 Å². The van der Waals surface area contributed by atoms with Gasteiger partial charge in [0, 0.05) is 10.5 Å². The Morgan fingerprint density at radius 1 is 1.36 bits per heavy atom. The Morgan fingerprint density at radius 2 is 2.14 bits per heavy atom. The minimum absolute atomic E-state index is 0.364. The molecule has 2 atom stereocenters. The van der Waals surface area contributed by atoms with Gasteiger partial charge in [-0.1, -0.05) is 28.4 Å². The normalized spacial score (nSPS) is 26.8. The van der Waals surface area contributed by atoms with Crippen molar-refractivity contribution in [2.45, 2.75) is 38.1 Å². The van der Waals surface area contributed by atoms with Crippen LogP contribution in [0.15, 0.2) is 22.7 Å². The summed E-state index contributed by atoms with van der Waals surface area (Å²) in [6.07, 6.45) is 3.70. The van der Waals surface area contributed by atoms with Crippen molar-refractivity contribution in [1.29, 1.82) is 0 Å². The fraction of sp³-hybridized carbons (Fsp3) is 0.500. The van der Waals surface area contributed by atoms with Gasteiger partial charge in [0.15, 0.2) is 0 Å². The maximum Gasteiger partial charge on any atom is 0.0178 e. The van der Waals surface area contributed by atoms with E-state index in [-0.39, 0.29) is 0 Å². The standard InChI is InChI=1S/C12H16BrN/c1-8-5-6-9(13)7-11(8)10-3-2-4-12(10)14/h5-7,10,12H,2-4,14H2,1H3. The topological polar surface area (TPSA) is 26.0 Å². The molecule has 1 aliphatic rings. The predicted molar refractivity (Wildman–Crippen MR) is 63.4 cm³/mol. The summed E-state index contributed by atoms with van der Waals surface area (Å²) in [5.74, 6) is 0.576. The smallest absolute Gasteiger partial charge is 0.0178 e. The lowest BCUT2D eigenvalue weighted by Gasteiger charge is -2.18. The van der Waals surface area contributed by atoms with Crippen molar-refractivity contribution in [3.8, 4) is 0 Å². The second-order valence-electron chi connectivity index (χ2n) is 4.20. The fourth-order valence-electron chi connectivity index (χ4n) is 2.39. The highest BCUT2D eigenvalue weighted by atomic mass is 79.9. The van der Waals surface area contributed by atoms with E-state index in [1.165, 1.54) is 30.4 Å². The highest BCUT2D eigenvalue weighted by Crippen LogP contribution is 2.35. The molecule has 0 aliphatic heterocycles. The van der Waals surface area contributed by atoms with Crippen LogP contribution in [0.25, 0.3) is 0 Å². The number of rotatable bonds is 1. The zero-order valence-corrected chi connectivity index (χ0v) is 10.0. The molecule has 1 saturated carbocycles. The summed E-state index contributed by atoms with van der Waals surface area (Å²) in [4.78, 5) is 0. The van der Waals surface area contributed by atoms with Gasteiger partial charge in [0.1, 0.15) is 0 Å². The number of nitrogens with two attached hydrogens (primary N) is 1. The first-order valence-electron chi connectivity index (χ1n) is 5.20. The van der Waals surface area contributed by atoms with Crippen molar-refractivity contribution < 1.29 is 0 Å². The van der Waals surface area contributed by atoms with E-state index in [0.29, 0.717) is 12.0 Å². The lowest BCUT2D eigenvalue weighted by atomic mass is 9.91. The first-order chi connectivity index (χ1) is 6.68. The molecule has 1 aromatic rings. The van der Waals surface area contributed by atoms with E-state index >= 15 is 0 Å². The van der Waals surface area contributed by atoms with Crippen molar-refractivity contribution in [3.05, 3.63) is 33.8 Å². The molecule has 1 nitrogen and oxygen atoms in total. The van der Waals surface area contributed by atoms with Crippen LogP contribution in [-0.2, 0) is 0 Å². The fourth-order valence-corrected chi connectivity index (χ4v) is 2.76. The van der Waals surface area contributed by atoms with Crippen molar-refractivity contribution in [2.75, 3.05) is 0 Å². The molecule has 0 heterocycles. The monoisotopic (exact) mass is 253 g/mol. The number of benzene rings is 1. The molecule has 2 N–H and O–H groups in total. The molecule has 2 heteroatoms. The second-order valence-corrected chi connectivity index (χ2v) is 5.12. The van der Waals surface area contributed by atoms with Crippen LogP contribution in [0.3, 0.4) is 0 Å². The van der Waals surface area contributed by atoms with Crippen LogP contribution in [-0.4, -0.2) is 6.04 Å². The van der Waals surface area contributed by atoms with Gasteiger partial charge in [-0.05, 0) is 48.9 Å². The van der Waals surface area contributed by atoms with Crippen LogP contribution in [0.1, 0.15) is 36.3 Å². The molecule has 1 aliphatic carbocycles. The number of hydrogen-bond donors (Lipinski definition) is 1. The van der Waals surface area contributed by atoms with Crippen LogP contribution in [0.5, 0.6) is 0 Å². The van der Waals surface area contributed by atoms with Crippen LogP contribution in [0, 0.1) is 6.92 Å². The zero-order chi connectivity index (χ0) is 10.1. The summed E-state index contributed by atoms with van der Waals surface area (Å²) in [6.45, 7) is 2.17. The number of hydrogen-bond acceptors (Lipinski definition) is 1. The third-order valence-corrected chi connectivity index (χ3v) is 3.70. The molecule has 2 unspecified atom stereocenters. The summed E-state index contributed by atoms with van der Waals surface area (Å²) in [5, 5.41) is 0. The molecular weight excluding hydrogens is 238 g/mol. The van der Waals surface area contributed by atoms with Gasteiger partial charge in [-0.25, -0.2) is 0 Å². The lowest BCUT2D eigenvalue weighted by molar-refractivity contribution is 0.610. The molecule has 0 amide bonds. The summed E-state index contributed by atoms with van der Waals surface area (Å²) in [5.41, 5.74) is 8.92. The first kappa shape index (κ1) is 10.2. The second kappa shape index (κ2) is 4.03. The Balaban J connectivity index is 2.34. The maximum absolute atomic E-state index is 6.11. The zero-order valence-electron chi connectivity index (χ0n) is 8.46. The van der Waals surface area contributed by atoms with Gasteiger partial charge >= 0.3 is 0 Å². The SMILES string of the molecule is Cc1ccc(Br)cc1C1CCCC1N. The average Bonchev–Trinajstić information content (AvgIpc) is 2.56. The Labute approximate surface area is 93.8 Å². The van der Waals surface area contributed by atoms with Gasteiger partial charge in [0.2, 0.25) is 0 Å². The van der Waals surface area contributed by atoms with E-state index in [1.807, 2.05) is 0 Å². The average molecular weight is 254 g/mol. The van der Waals surface area contributed by atoms with E-state index in [4.69, 9.17) is 5.73 Å². The molecular formula is C12H16BrN. The van der Waals surface area contributed by atoms with Crippen molar-refractivity contribution in [3.63, 3.8) is 0 Å². The number of halogens is 1. The summed E-state index contributed by atoms with van der Waals surface area (Å²) in [7, 11) is 0. The van der Waals surface area contributed by atoms with E-state index in [2.05, 4.69) is 41.1 Å². The molecule has 1 aromatic carbocycles. The molecule has 0 spiro atoms. The van der Waals surface area contributed by atoms with Crippen molar-refractivity contribution in [2.24, 2.45) is 5.73 Å². The molecule has 0 saturated heterocycles. The summed E-state index contributed by atoms with van der Waals surface area (Å²) in [6, 6.07) is 6.86. The van der Waals surface area contributed by atoms with Crippen LogP contribution >= 0.6 is 15.9 Å². The molecule has 0 bridgehead atoms. The minimum atomic E-state index is 0.364. The lowest BCUT2D eigenvalue weighted by Crippen LogP contribution is -2.23. The highest BCUT2D eigenvalue weighted by molar-refractivity contribution is 9.10. The molecule has 2 rings (SSSR count). The maximum atomic E-state index is 6.11. The van der Waals surface area contributed by atoms with Crippen LogP contribution < -0.4 is 5.73 Å². The predicted octanol–water partition coefficient (Wildman–Crippen LogP) is 3.35. The van der Waals surface area contributed by atoms with Crippen LogP contribution in [0.2, 0.25) is 0 Å². The Hall–Kier alpha value is -0.340. The Kier molecular flexibility index (Phi) is 2.93. The molecule has 1 fully saturated rings. The summed E-state index contributed by atoms with van der Waals surface area (Å²) >= 11 is 3.52. The minimum Gasteiger partial charge on any atom is -0.327 e. The summed E-state index contributed by atoms with van der Waals surface area (Å²) < 4.78 is 1.16. The van der Waals surface area contributed by atoms with Crippen molar-refractivity contribution in [1.82, 2.24) is 0 Å². The van der Waals surface area contributed by atoms with Gasteiger partial charge < -0.3 is 5.73 Å². The van der Waals surface area contributed by atoms with Gasteiger partial charge in [0.25, 0.3) is 0 Å². The molecule has 0 aromatic heterocycles. The molecule has 76 valence electrons. The van der Waals surface area contributed by atoms with Crippen molar-refractivity contribution >= 4 is 15.9 Å². The Bertz CT molecular complexity index is 335. The van der Waals surface area contributed by atoms with E-state index < -0.39 is 0 Å². The van der Waals surface area contributed by atoms with Gasteiger partial charge in [-0.2, -0.15) is 0 Å². The van der Waals surface area contributed by atoms with Gasteiger partial charge in [0.05, 0.1) is 0 Å². The first-order valence-corrected chi connectivity index (χ1v) is 5.99. The van der Waals surface area contributed by atoms with Crippen LogP contribution in [0.4, 0.5) is 0 Å². The third kappa shape index (κ3) is 1.86. The van der Waals surface area contributed by atoms with Gasteiger partial charge in [-0.3, -0.25) is 0 Å². The van der Waals surface area contributed by atoms with E-state index in [1.54, 1.807) is 0 Å². The Morgan fingerprint density at radius 3 is 2.79 bits per heavy atom. The van der Waals surface area contributed by atoms with E-state index in [9.17, 15) is 0 Å². The highest BCUT2D eigenvalue weighted by Gasteiger charge is 2.26. The number of aryl methyl sites for hydroxylation is 1. The largest absolute Gasteiger partial charge is 0.327 e. The molecule has 14 heavy (non-hydrogen) atoms.